The topological polar surface area (TPSA) is 59.1 Å². The van der Waals surface area contributed by atoms with E-state index < -0.39 is 0 Å². The first kappa shape index (κ1) is 16.2. The summed E-state index contributed by atoms with van der Waals surface area (Å²) in [5.41, 5.74) is 9.63. The van der Waals surface area contributed by atoms with Crippen LogP contribution < -0.4 is 5.73 Å². The molecule has 0 aliphatic carbocycles. The standard InChI is InChI=1S/C19H24N2O/c1-14(2)11-12-22-13-15-7-9-16(10-8-15)17-5-3-4-6-18(17)19(20)21/h3-10,14H,11-13H2,1-2H3,(H3,20,21). The lowest BCUT2D eigenvalue weighted by Crippen LogP contribution is -2.12. The van der Waals surface area contributed by atoms with Crippen LogP contribution >= 0.6 is 0 Å². The number of amidine groups is 1. The molecule has 3 N–H and O–H groups in total. The van der Waals surface area contributed by atoms with Gasteiger partial charge in [-0.3, -0.25) is 5.41 Å². The van der Waals surface area contributed by atoms with Gasteiger partial charge in [0.25, 0.3) is 0 Å². The summed E-state index contributed by atoms with van der Waals surface area (Å²) in [6, 6.07) is 16.0. The van der Waals surface area contributed by atoms with Gasteiger partial charge in [-0.2, -0.15) is 0 Å². The second-order valence-corrected chi connectivity index (χ2v) is 5.89. The van der Waals surface area contributed by atoms with Crippen LogP contribution in [0, 0.1) is 11.3 Å². The van der Waals surface area contributed by atoms with Crippen molar-refractivity contribution in [2.75, 3.05) is 6.61 Å². The van der Waals surface area contributed by atoms with Gasteiger partial charge >= 0.3 is 0 Å². The molecule has 0 spiro atoms. The number of nitrogens with one attached hydrogen (secondary N) is 1. The van der Waals surface area contributed by atoms with Gasteiger partial charge in [-0.15, -0.1) is 0 Å². The summed E-state index contributed by atoms with van der Waals surface area (Å²) in [5, 5.41) is 7.67. The summed E-state index contributed by atoms with van der Waals surface area (Å²) in [6.45, 7) is 5.84. The van der Waals surface area contributed by atoms with Gasteiger partial charge in [0, 0.05) is 12.2 Å². The van der Waals surface area contributed by atoms with Crippen LogP contribution in [-0.4, -0.2) is 12.4 Å². The zero-order valence-corrected chi connectivity index (χ0v) is 13.3. The predicted octanol–water partition coefficient (Wildman–Crippen LogP) is 4.20. The van der Waals surface area contributed by atoms with Crippen molar-refractivity contribution in [1.82, 2.24) is 0 Å². The first-order chi connectivity index (χ1) is 10.6. The fourth-order valence-electron chi connectivity index (χ4n) is 2.26. The van der Waals surface area contributed by atoms with Crippen LogP contribution in [0.2, 0.25) is 0 Å². The molecule has 0 saturated carbocycles. The van der Waals surface area contributed by atoms with E-state index in [2.05, 4.69) is 38.1 Å². The smallest absolute Gasteiger partial charge is 0.123 e. The van der Waals surface area contributed by atoms with E-state index >= 15 is 0 Å². The molecule has 0 heterocycles. The Morgan fingerprint density at radius 3 is 2.41 bits per heavy atom. The number of benzene rings is 2. The van der Waals surface area contributed by atoms with E-state index in [1.807, 2.05) is 24.3 Å². The average Bonchev–Trinajstić information content (AvgIpc) is 2.52. The summed E-state index contributed by atoms with van der Waals surface area (Å²) in [5.74, 6) is 0.766. The summed E-state index contributed by atoms with van der Waals surface area (Å²) in [7, 11) is 0. The van der Waals surface area contributed by atoms with Gasteiger partial charge in [-0.1, -0.05) is 62.4 Å². The Balaban J connectivity index is 2.05. The maximum Gasteiger partial charge on any atom is 0.123 e. The molecule has 0 bridgehead atoms. The number of nitrogen functional groups attached to an aromatic ring is 1. The van der Waals surface area contributed by atoms with Crippen molar-refractivity contribution in [2.45, 2.75) is 26.9 Å². The van der Waals surface area contributed by atoms with Gasteiger partial charge in [-0.05, 0) is 29.0 Å². The number of hydrogen-bond acceptors (Lipinski definition) is 2. The molecule has 2 aromatic carbocycles. The Morgan fingerprint density at radius 1 is 1.09 bits per heavy atom. The molecule has 0 fully saturated rings. The Bertz CT molecular complexity index is 618. The van der Waals surface area contributed by atoms with Gasteiger partial charge in [-0.25, -0.2) is 0 Å². The zero-order chi connectivity index (χ0) is 15.9. The fraction of sp³-hybridized carbons (Fsp3) is 0.316. The van der Waals surface area contributed by atoms with Crippen molar-refractivity contribution < 1.29 is 4.74 Å². The lowest BCUT2D eigenvalue weighted by molar-refractivity contribution is 0.110. The number of ether oxygens (including phenoxy) is 1. The molecule has 0 aromatic heterocycles. The van der Waals surface area contributed by atoms with Crippen LogP contribution in [0.3, 0.4) is 0 Å². The maximum absolute atomic E-state index is 7.67. The molecule has 3 heteroatoms. The first-order valence-corrected chi connectivity index (χ1v) is 7.68. The highest BCUT2D eigenvalue weighted by atomic mass is 16.5. The number of hydrogen-bond donors (Lipinski definition) is 2. The predicted molar refractivity (Wildman–Crippen MR) is 92.0 cm³/mol. The molecule has 22 heavy (non-hydrogen) atoms. The largest absolute Gasteiger partial charge is 0.384 e. The average molecular weight is 296 g/mol. The normalized spacial score (nSPS) is 10.9. The van der Waals surface area contributed by atoms with Crippen molar-refractivity contribution in [2.24, 2.45) is 11.7 Å². The molecule has 0 amide bonds. The monoisotopic (exact) mass is 296 g/mol. The van der Waals surface area contributed by atoms with E-state index in [9.17, 15) is 0 Å². The Hall–Kier alpha value is -2.13. The molecule has 0 aliphatic rings. The van der Waals surface area contributed by atoms with Gasteiger partial charge < -0.3 is 10.5 Å². The molecule has 3 nitrogen and oxygen atoms in total. The molecular weight excluding hydrogens is 272 g/mol. The van der Waals surface area contributed by atoms with Crippen molar-refractivity contribution in [3.05, 3.63) is 59.7 Å². The van der Waals surface area contributed by atoms with Crippen LogP contribution in [0.25, 0.3) is 11.1 Å². The van der Waals surface area contributed by atoms with Crippen LogP contribution in [0.1, 0.15) is 31.4 Å². The first-order valence-electron chi connectivity index (χ1n) is 7.68. The molecule has 0 unspecified atom stereocenters. The molecular formula is C19H24N2O. The van der Waals surface area contributed by atoms with Crippen LogP contribution in [0.4, 0.5) is 0 Å². The lowest BCUT2D eigenvalue weighted by atomic mass is 9.98. The van der Waals surface area contributed by atoms with Gasteiger partial charge in [0.05, 0.1) is 6.61 Å². The lowest BCUT2D eigenvalue weighted by Gasteiger charge is -2.10. The SMILES string of the molecule is CC(C)CCOCc1ccc(-c2ccccc2C(=N)N)cc1. The minimum Gasteiger partial charge on any atom is -0.384 e. The molecule has 0 atom stereocenters. The van der Waals surface area contributed by atoms with Gasteiger partial charge in [0.1, 0.15) is 5.84 Å². The Kier molecular flexibility index (Phi) is 5.73. The van der Waals surface area contributed by atoms with Gasteiger partial charge in [0.2, 0.25) is 0 Å². The van der Waals surface area contributed by atoms with Crippen molar-refractivity contribution in [3.8, 4) is 11.1 Å². The van der Waals surface area contributed by atoms with E-state index in [1.54, 1.807) is 0 Å². The maximum atomic E-state index is 7.67. The zero-order valence-electron chi connectivity index (χ0n) is 13.3. The highest BCUT2D eigenvalue weighted by Crippen LogP contribution is 2.24. The summed E-state index contributed by atoms with van der Waals surface area (Å²) >= 11 is 0. The third-order valence-electron chi connectivity index (χ3n) is 3.59. The number of rotatable bonds is 7. The molecule has 0 radical (unpaired) electrons. The second-order valence-electron chi connectivity index (χ2n) is 5.89. The van der Waals surface area contributed by atoms with E-state index in [4.69, 9.17) is 15.9 Å². The molecule has 2 rings (SSSR count). The summed E-state index contributed by atoms with van der Waals surface area (Å²) in [4.78, 5) is 0. The minimum atomic E-state index is 0.0942. The highest BCUT2D eigenvalue weighted by Gasteiger charge is 2.06. The third kappa shape index (κ3) is 4.43. The molecule has 0 aliphatic heterocycles. The van der Waals surface area contributed by atoms with Crippen molar-refractivity contribution >= 4 is 5.84 Å². The van der Waals surface area contributed by atoms with E-state index in [0.29, 0.717) is 12.5 Å². The third-order valence-corrected chi connectivity index (χ3v) is 3.59. The fourth-order valence-corrected chi connectivity index (χ4v) is 2.26. The quantitative estimate of drug-likeness (QED) is 0.457. The van der Waals surface area contributed by atoms with Crippen LogP contribution in [0.5, 0.6) is 0 Å². The highest BCUT2D eigenvalue weighted by molar-refractivity contribution is 6.01. The summed E-state index contributed by atoms with van der Waals surface area (Å²) in [6.07, 6.45) is 1.09. The van der Waals surface area contributed by atoms with E-state index in [-0.39, 0.29) is 5.84 Å². The van der Waals surface area contributed by atoms with Gasteiger partial charge in [0.15, 0.2) is 0 Å². The minimum absolute atomic E-state index is 0.0942. The summed E-state index contributed by atoms with van der Waals surface area (Å²) < 4.78 is 5.68. The van der Waals surface area contributed by atoms with Crippen molar-refractivity contribution in [1.29, 1.82) is 5.41 Å². The van der Waals surface area contributed by atoms with E-state index in [1.165, 1.54) is 0 Å². The Labute approximate surface area is 132 Å². The van der Waals surface area contributed by atoms with Crippen LogP contribution in [-0.2, 0) is 11.3 Å². The second kappa shape index (κ2) is 7.76. The number of nitrogens with two attached hydrogens (primary N) is 1. The molecule has 2 aromatic rings. The molecule has 116 valence electrons. The van der Waals surface area contributed by atoms with Crippen molar-refractivity contribution in [3.63, 3.8) is 0 Å². The Morgan fingerprint density at radius 2 is 1.77 bits per heavy atom. The molecule has 0 saturated heterocycles. The van der Waals surface area contributed by atoms with E-state index in [0.717, 1.165) is 35.3 Å². The van der Waals surface area contributed by atoms with Crippen LogP contribution in [0.15, 0.2) is 48.5 Å².